The molecule has 0 amide bonds. The first-order valence-corrected chi connectivity index (χ1v) is 6.98. The quantitative estimate of drug-likeness (QED) is 0.779. The van der Waals surface area contributed by atoms with Gasteiger partial charge in [-0.2, -0.15) is 5.26 Å². The second-order valence-electron chi connectivity index (χ2n) is 4.67. The first kappa shape index (κ1) is 12.4. The monoisotopic (exact) mass is 292 g/mol. The highest BCUT2D eigenvalue weighted by molar-refractivity contribution is 9.10. The van der Waals surface area contributed by atoms with Gasteiger partial charge in [0.15, 0.2) is 0 Å². The molecule has 1 fully saturated rings. The molecule has 0 aromatic heterocycles. The molecule has 0 N–H and O–H groups in total. The van der Waals surface area contributed by atoms with Crippen molar-refractivity contribution in [2.24, 2.45) is 0 Å². The molecule has 2 nitrogen and oxygen atoms in total. The Balaban J connectivity index is 2.34. The summed E-state index contributed by atoms with van der Waals surface area (Å²) in [5.74, 6) is 0. The van der Waals surface area contributed by atoms with Crippen molar-refractivity contribution in [3.8, 4) is 6.07 Å². The van der Waals surface area contributed by atoms with Gasteiger partial charge in [0, 0.05) is 17.1 Å². The van der Waals surface area contributed by atoms with E-state index in [9.17, 15) is 5.26 Å². The van der Waals surface area contributed by atoms with Crippen LogP contribution < -0.4 is 4.90 Å². The lowest BCUT2D eigenvalue weighted by molar-refractivity contribution is 0.616. The fourth-order valence-electron chi connectivity index (χ4n) is 2.48. The van der Waals surface area contributed by atoms with E-state index in [1.54, 1.807) is 0 Å². The number of nitrogens with zero attached hydrogens (tertiary/aromatic N) is 2. The molecule has 1 aromatic rings. The predicted octanol–water partition coefficient (Wildman–Crippen LogP) is 4.09. The smallest absolute Gasteiger partial charge is 0.101 e. The Hall–Kier alpha value is -1.01. The van der Waals surface area contributed by atoms with Crippen molar-refractivity contribution < 1.29 is 0 Å². The zero-order chi connectivity index (χ0) is 12.3. The van der Waals surface area contributed by atoms with Crippen LogP contribution >= 0.6 is 15.9 Å². The minimum absolute atomic E-state index is 0.533. The van der Waals surface area contributed by atoms with Gasteiger partial charge in [-0.25, -0.2) is 0 Å². The molecule has 1 aliphatic heterocycles. The average molecular weight is 293 g/mol. The highest BCUT2D eigenvalue weighted by atomic mass is 79.9. The van der Waals surface area contributed by atoms with Gasteiger partial charge in [0.2, 0.25) is 0 Å². The predicted molar refractivity (Wildman–Crippen MR) is 74.1 cm³/mol. The largest absolute Gasteiger partial charge is 0.368 e. The summed E-state index contributed by atoms with van der Waals surface area (Å²) in [6.07, 6.45) is 5.06. The molecule has 0 radical (unpaired) electrons. The van der Waals surface area contributed by atoms with Crippen molar-refractivity contribution in [1.82, 2.24) is 0 Å². The SMILES string of the molecule is CC1CCCCCN1c1ccc(Br)cc1C#N. The lowest BCUT2D eigenvalue weighted by atomic mass is 10.1. The van der Waals surface area contributed by atoms with Gasteiger partial charge in [-0.3, -0.25) is 0 Å². The zero-order valence-electron chi connectivity index (χ0n) is 10.1. The van der Waals surface area contributed by atoms with E-state index in [1.165, 1.54) is 25.7 Å². The summed E-state index contributed by atoms with van der Waals surface area (Å²) >= 11 is 3.42. The summed E-state index contributed by atoms with van der Waals surface area (Å²) in [5.41, 5.74) is 1.86. The maximum atomic E-state index is 9.23. The van der Waals surface area contributed by atoms with Crippen LogP contribution in [0.2, 0.25) is 0 Å². The fourth-order valence-corrected chi connectivity index (χ4v) is 2.84. The summed E-state index contributed by atoms with van der Waals surface area (Å²) in [7, 11) is 0. The Bertz CT molecular complexity index is 436. The molecule has 1 aliphatic rings. The third kappa shape index (κ3) is 2.81. The molecule has 90 valence electrons. The molecule has 1 heterocycles. The summed E-state index contributed by atoms with van der Waals surface area (Å²) in [6.45, 7) is 3.33. The van der Waals surface area contributed by atoms with Crippen LogP contribution in [-0.4, -0.2) is 12.6 Å². The lowest BCUT2D eigenvalue weighted by Crippen LogP contribution is -2.33. The van der Waals surface area contributed by atoms with Gasteiger partial charge in [-0.1, -0.05) is 28.8 Å². The molecule has 3 heteroatoms. The van der Waals surface area contributed by atoms with Gasteiger partial charge in [0.25, 0.3) is 0 Å². The standard InChI is InChI=1S/C14H17BrN2/c1-11-5-3-2-4-8-17(11)14-7-6-13(15)9-12(14)10-16/h6-7,9,11H,2-5,8H2,1H3. The van der Waals surface area contributed by atoms with Crippen molar-refractivity contribution >= 4 is 21.6 Å². The van der Waals surface area contributed by atoms with Gasteiger partial charge in [-0.15, -0.1) is 0 Å². The van der Waals surface area contributed by atoms with E-state index >= 15 is 0 Å². The third-order valence-electron chi connectivity index (χ3n) is 3.44. The third-order valence-corrected chi connectivity index (χ3v) is 3.93. The average Bonchev–Trinajstić information content (AvgIpc) is 2.54. The van der Waals surface area contributed by atoms with Crippen LogP contribution in [0.4, 0.5) is 5.69 Å². The highest BCUT2D eigenvalue weighted by Gasteiger charge is 2.19. The van der Waals surface area contributed by atoms with Crippen molar-refractivity contribution in [3.05, 3.63) is 28.2 Å². The molecule has 0 aliphatic carbocycles. The maximum absolute atomic E-state index is 9.23. The molecule has 0 bridgehead atoms. The minimum Gasteiger partial charge on any atom is -0.368 e. The van der Waals surface area contributed by atoms with Crippen molar-refractivity contribution in [2.75, 3.05) is 11.4 Å². The Morgan fingerprint density at radius 3 is 2.94 bits per heavy atom. The second-order valence-corrected chi connectivity index (χ2v) is 5.58. The molecular weight excluding hydrogens is 276 g/mol. The van der Waals surface area contributed by atoms with E-state index in [4.69, 9.17) is 0 Å². The summed E-state index contributed by atoms with van der Waals surface area (Å²) in [5, 5.41) is 9.23. The van der Waals surface area contributed by atoms with Gasteiger partial charge in [0.05, 0.1) is 11.3 Å². The van der Waals surface area contributed by atoms with Crippen LogP contribution in [0.1, 0.15) is 38.2 Å². The second kappa shape index (κ2) is 5.55. The van der Waals surface area contributed by atoms with E-state index in [-0.39, 0.29) is 0 Å². The van der Waals surface area contributed by atoms with Crippen LogP contribution in [0.15, 0.2) is 22.7 Å². The van der Waals surface area contributed by atoms with E-state index in [1.807, 2.05) is 12.1 Å². The van der Waals surface area contributed by atoms with Gasteiger partial charge in [0.1, 0.15) is 6.07 Å². The Morgan fingerprint density at radius 1 is 1.35 bits per heavy atom. The van der Waals surface area contributed by atoms with Gasteiger partial charge >= 0.3 is 0 Å². The maximum Gasteiger partial charge on any atom is 0.101 e. The van der Waals surface area contributed by atoms with Crippen LogP contribution in [0.3, 0.4) is 0 Å². The summed E-state index contributed by atoms with van der Waals surface area (Å²) in [4.78, 5) is 2.39. The van der Waals surface area contributed by atoms with Crippen LogP contribution in [0.5, 0.6) is 0 Å². The van der Waals surface area contributed by atoms with Gasteiger partial charge in [-0.05, 0) is 38.0 Å². The number of rotatable bonds is 1. The van der Waals surface area contributed by atoms with Crippen LogP contribution in [0, 0.1) is 11.3 Å². The molecule has 0 saturated carbocycles. The Morgan fingerprint density at radius 2 is 2.18 bits per heavy atom. The Labute approximate surface area is 111 Å². The highest BCUT2D eigenvalue weighted by Crippen LogP contribution is 2.29. The number of halogens is 1. The fraction of sp³-hybridized carbons (Fsp3) is 0.500. The molecule has 0 spiro atoms. The molecule has 1 aromatic carbocycles. The molecule has 1 atom stereocenters. The first-order chi connectivity index (χ1) is 8.22. The van der Waals surface area contributed by atoms with Crippen LogP contribution in [-0.2, 0) is 0 Å². The molecule has 1 unspecified atom stereocenters. The minimum atomic E-state index is 0.533. The summed E-state index contributed by atoms with van der Waals surface area (Å²) < 4.78 is 0.972. The molecule has 17 heavy (non-hydrogen) atoms. The topological polar surface area (TPSA) is 27.0 Å². The number of hydrogen-bond acceptors (Lipinski definition) is 2. The molecular formula is C14H17BrN2. The normalized spacial score (nSPS) is 20.8. The Kier molecular flexibility index (Phi) is 4.06. The summed E-state index contributed by atoms with van der Waals surface area (Å²) in [6, 6.07) is 8.83. The van der Waals surface area contributed by atoms with E-state index in [2.05, 4.69) is 39.9 Å². The van der Waals surface area contributed by atoms with Crippen molar-refractivity contribution in [3.63, 3.8) is 0 Å². The zero-order valence-corrected chi connectivity index (χ0v) is 11.7. The number of benzene rings is 1. The molecule has 2 rings (SSSR count). The van der Waals surface area contributed by atoms with E-state index in [0.29, 0.717) is 6.04 Å². The molecule has 1 saturated heterocycles. The first-order valence-electron chi connectivity index (χ1n) is 6.18. The van der Waals surface area contributed by atoms with Crippen molar-refractivity contribution in [2.45, 2.75) is 38.6 Å². The number of hydrogen-bond donors (Lipinski definition) is 0. The number of nitriles is 1. The van der Waals surface area contributed by atoms with Gasteiger partial charge < -0.3 is 4.90 Å². The number of anilines is 1. The van der Waals surface area contributed by atoms with E-state index < -0.39 is 0 Å². The van der Waals surface area contributed by atoms with E-state index in [0.717, 1.165) is 22.3 Å². The van der Waals surface area contributed by atoms with Crippen LogP contribution in [0.25, 0.3) is 0 Å². The van der Waals surface area contributed by atoms with Crippen molar-refractivity contribution in [1.29, 1.82) is 5.26 Å². The lowest BCUT2D eigenvalue weighted by Gasteiger charge is -2.30.